The van der Waals surface area contributed by atoms with E-state index in [1.807, 2.05) is 0 Å². The third-order valence-corrected chi connectivity index (χ3v) is 10.5. The first-order valence-corrected chi connectivity index (χ1v) is 14.8. The van der Waals surface area contributed by atoms with E-state index in [2.05, 4.69) is 5.32 Å². The topological polar surface area (TPSA) is 104 Å². The van der Waals surface area contributed by atoms with Crippen LogP contribution in [0.5, 0.6) is 0 Å². The number of anilines is 1. The Kier molecular flexibility index (Phi) is 7.82. The Morgan fingerprint density at radius 2 is 1.57 bits per heavy atom. The molecule has 2 fully saturated rings. The standard InChI is InChI=1S/C23H27ClFN3O5S2/c24-21-4-3-5-22(25)20(21)16-34(30,31)27-14-10-17(11-15-27)23(29)26-18-6-8-19(9-7-18)35(32,33)28-12-1-2-13-28/h3-9,17H,1-2,10-16H2,(H,26,29). The summed E-state index contributed by atoms with van der Waals surface area (Å²) >= 11 is 5.97. The Labute approximate surface area is 210 Å². The van der Waals surface area contributed by atoms with E-state index in [1.165, 1.54) is 38.9 Å². The first-order chi connectivity index (χ1) is 16.6. The van der Waals surface area contributed by atoms with Crippen molar-refractivity contribution in [3.63, 3.8) is 0 Å². The van der Waals surface area contributed by atoms with Crippen molar-refractivity contribution in [2.24, 2.45) is 5.92 Å². The molecule has 0 aromatic heterocycles. The first-order valence-electron chi connectivity index (χ1n) is 11.4. The second-order valence-electron chi connectivity index (χ2n) is 8.75. The molecule has 0 radical (unpaired) electrons. The number of sulfonamides is 2. The smallest absolute Gasteiger partial charge is 0.243 e. The summed E-state index contributed by atoms with van der Waals surface area (Å²) in [6.07, 6.45) is 2.34. The summed E-state index contributed by atoms with van der Waals surface area (Å²) in [5.41, 5.74) is 0.406. The number of hydrogen-bond donors (Lipinski definition) is 1. The maximum atomic E-state index is 14.0. The Hall–Kier alpha value is -2.05. The highest BCUT2D eigenvalue weighted by atomic mass is 35.5. The van der Waals surface area contributed by atoms with E-state index < -0.39 is 37.5 Å². The summed E-state index contributed by atoms with van der Waals surface area (Å²) in [5.74, 6) is -1.86. The van der Waals surface area contributed by atoms with Crippen molar-refractivity contribution in [2.45, 2.75) is 36.3 Å². The van der Waals surface area contributed by atoms with Crippen molar-refractivity contribution in [1.29, 1.82) is 0 Å². The van der Waals surface area contributed by atoms with E-state index in [1.54, 1.807) is 12.1 Å². The number of halogens is 2. The predicted molar refractivity (Wildman–Crippen MR) is 131 cm³/mol. The molecule has 0 aliphatic carbocycles. The average molecular weight is 544 g/mol. The van der Waals surface area contributed by atoms with Crippen LogP contribution in [0.4, 0.5) is 10.1 Å². The zero-order chi connectivity index (χ0) is 25.2. The number of amides is 1. The van der Waals surface area contributed by atoms with Gasteiger partial charge in [0, 0.05) is 48.4 Å². The average Bonchev–Trinajstić information content (AvgIpc) is 3.38. The van der Waals surface area contributed by atoms with Crippen LogP contribution in [-0.2, 0) is 30.6 Å². The van der Waals surface area contributed by atoms with Gasteiger partial charge in [0.15, 0.2) is 0 Å². The van der Waals surface area contributed by atoms with Crippen molar-refractivity contribution in [3.8, 4) is 0 Å². The lowest BCUT2D eigenvalue weighted by Gasteiger charge is -2.30. The molecule has 0 spiro atoms. The fourth-order valence-electron chi connectivity index (χ4n) is 4.37. The molecule has 190 valence electrons. The highest BCUT2D eigenvalue weighted by molar-refractivity contribution is 7.89. The van der Waals surface area contributed by atoms with E-state index in [0.717, 1.165) is 12.8 Å². The van der Waals surface area contributed by atoms with Gasteiger partial charge in [-0.3, -0.25) is 4.79 Å². The number of nitrogens with zero attached hydrogens (tertiary/aromatic N) is 2. The summed E-state index contributed by atoms with van der Waals surface area (Å²) in [4.78, 5) is 12.9. The maximum absolute atomic E-state index is 14.0. The number of carbonyl (C=O) groups excluding carboxylic acids is 1. The van der Waals surface area contributed by atoms with Gasteiger partial charge in [0.1, 0.15) is 5.82 Å². The third-order valence-electron chi connectivity index (χ3n) is 6.43. The molecule has 4 rings (SSSR count). The molecule has 2 saturated heterocycles. The van der Waals surface area contributed by atoms with E-state index in [9.17, 15) is 26.0 Å². The van der Waals surface area contributed by atoms with E-state index in [0.29, 0.717) is 31.6 Å². The van der Waals surface area contributed by atoms with Crippen LogP contribution in [0.25, 0.3) is 0 Å². The molecule has 0 atom stereocenters. The molecular weight excluding hydrogens is 517 g/mol. The van der Waals surface area contributed by atoms with Crippen LogP contribution in [0, 0.1) is 11.7 Å². The lowest BCUT2D eigenvalue weighted by Crippen LogP contribution is -2.42. The molecular formula is C23H27ClFN3O5S2. The Morgan fingerprint density at radius 1 is 0.943 bits per heavy atom. The largest absolute Gasteiger partial charge is 0.326 e. The van der Waals surface area contributed by atoms with Crippen LogP contribution in [-0.4, -0.2) is 57.5 Å². The van der Waals surface area contributed by atoms with Gasteiger partial charge in [-0.25, -0.2) is 25.5 Å². The molecule has 8 nitrogen and oxygen atoms in total. The summed E-state index contributed by atoms with van der Waals surface area (Å²) in [7, 11) is -7.33. The van der Waals surface area contributed by atoms with Crippen LogP contribution in [0.3, 0.4) is 0 Å². The number of nitrogens with one attached hydrogen (secondary N) is 1. The van der Waals surface area contributed by atoms with Crippen LogP contribution >= 0.6 is 11.6 Å². The fourth-order valence-corrected chi connectivity index (χ4v) is 7.81. The lowest BCUT2D eigenvalue weighted by molar-refractivity contribution is -0.120. The maximum Gasteiger partial charge on any atom is 0.243 e. The van der Waals surface area contributed by atoms with Crippen molar-refractivity contribution in [2.75, 3.05) is 31.5 Å². The van der Waals surface area contributed by atoms with Crippen LogP contribution in [0.1, 0.15) is 31.2 Å². The lowest BCUT2D eigenvalue weighted by atomic mass is 9.97. The van der Waals surface area contributed by atoms with Crippen molar-refractivity contribution >= 4 is 43.2 Å². The highest BCUT2D eigenvalue weighted by Gasteiger charge is 2.32. The number of piperidine rings is 1. The SMILES string of the molecule is O=C(Nc1ccc(S(=O)(=O)N2CCCC2)cc1)C1CCN(S(=O)(=O)Cc2c(F)cccc2Cl)CC1. The highest BCUT2D eigenvalue weighted by Crippen LogP contribution is 2.27. The predicted octanol–water partition coefficient (Wildman–Crippen LogP) is 3.44. The third kappa shape index (κ3) is 5.86. The fraction of sp³-hybridized carbons (Fsp3) is 0.435. The van der Waals surface area contributed by atoms with Crippen molar-refractivity contribution in [3.05, 3.63) is 58.9 Å². The van der Waals surface area contributed by atoms with E-state index >= 15 is 0 Å². The minimum absolute atomic E-state index is 0.0575. The molecule has 2 aliphatic rings. The molecule has 1 N–H and O–H groups in total. The summed E-state index contributed by atoms with van der Waals surface area (Å²) < 4.78 is 67.6. The summed E-state index contributed by atoms with van der Waals surface area (Å²) in [6, 6.07) is 10.1. The van der Waals surface area contributed by atoms with E-state index in [-0.39, 0.29) is 34.5 Å². The molecule has 2 aliphatic heterocycles. The van der Waals surface area contributed by atoms with Gasteiger partial charge < -0.3 is 5.32 Å². The quantitative estimate of drug-likeness (QED) is 0.576. The summed E-state index contributed by atoms with van der Waals surface area (Å²) in [6.45, 7) is 1.31. The molecule has 0 unspecified atom stereocenters. The van der Waals surface area contributed by atoms with Crippen molar-refractivity contribution < 1.29 is 26.0 Å². The Bertz CT molecular complexity index is 1270. The molecule has 2 aromatic rings. The molecule has 0 saturated carbocycles. The zero-order valence-corrected chi connectivity index (χ0v) is 21.4. The minimum Gasteiger partial charge on any atom is -0.326 e. The number of benzene rings is 2. The van der Waals surface area contributed by atoms with Gasteiger partial charge in [-0.2, -0.15) is 4.31 Å². The monoisotopic (exact) mass is 543 g/mol. The van der Waals surface area contributed by atoms with Gasteiger partial charge in [-0.1, -0.05) is 17.7 Å². The second-order valence-corrected chi connectivity index (χ2v) is 13.1. The number of rotatable bonds is 7. The van der Waals surface area contributed by atoms with Crippen LogP contribution in [0.15, 0.2) is 47.4 Å². The van der Waals surface area contributed by atoms with Crippen molar-refractivity contribution in [1.82, 2.24) is 8.61 Å². The van der Waals surface area contributed by atoms with Crippen LogP contribution in [0.2, 0.25) is 5.02 Å². The Morgan fingerprint density at radius 3 is 2.17 bits per heavy atom. The molecule has 1 amide bonds. The molecule has 35 heavy (non-hydrogen) atoms. The molecule has 2 aromatic carbocycles. The van der Waals surface area contributed by atoms with Gasteiger partial charge >= 0.3 is 0 Å². The van der Waals surface area contributed by atoms with Gasteiger partial charge in [0.05, 0.1) is 10.6 Å². The Balaban J connectivity index is 1.33. The van der Waals surface area contributed by atoms with Gasteiger partial charge in [0.2, 0.25) is 26.0 Å². The zero-order valence-electron chi connectivity index (χ0n) is 19.0. The summed E-state index contributed by atoms with van der Waals surface area (Å²) in [5, 5.41) is 2.84. The number of hydrogen-bond acceptors (Lipinski definition) is 5. The minimum atomic E-state index is -3.80. The molecule has 2 heterocycles. The molecule has 0 bridgehead atoms. The van der Waals surface area contributed by atoms with E-state index in [4.69, 9.17) is 11.6 Å². The van der Waals surface area contributed by atoms with Crippen LogP contribution < -0.4 is 5.32 Å². The normalized spacial score (nSPS) is 18.6. The molecule has 12 heteroatoms. The second kappa shape index (κ2) is 10.5. The first kappa shape index (κ1) is 26.0. The van der Waals surface area contributed by atoms with Gasteiger partial charge in [0.25, 0.3) is 0 Å². The number of carbonyl (C=O) groups is 1. The van der Waals surface area contributed by atoms with Gasteiger partial charge in [-0.15, -0.1) is 0 Å². The van der Waals surface area contributed by atoms with Gasteiger partial charge in [-0.05, 0) is 62.1 Å².